The molecule has 21 heavy (non-hydrogen) atoms. The zero-order valence-corrected chi connectivity index (χ0v) is 12.2. The van der Waals surface area contributed by atoms with Crippen LogP contribution < -0.4 is 10.6 Å². The van der Waals surface area contributed by atoms with E-state index in [-0.39, 0.29) is 23.5 Å². The third-order valence-corrected chi connectivity index (χ3v) is 3.56. The summed E-state index contributed by atoms with van der Waals surface area (Å²) in [5, 5.41) is 9.30. The number of nitrogens with two attached hydrogens (primary N) is 1. The first-order valence-electron chi connectivity index (χ1n) is 6.84. The molecule has 0 bridgehead atoms. The van der Waals surface area contributed by atoms with Crippen molar-refractivity contribution in [3.63, 3.8) is 0 Å². The normalized spacial score (nSPS) is 13.7. The van der Waals surface area contributed by atoms with Crippen LogP contribution in [0.5, 0.6) is 5.75 Å². The molecule has 0 saturated carbocycles. The van der Waals surface area contributed by atoms with E-state index in [1.807, 2.05) is 26.1 Å². The maximum atomic E-state index is 12.9. The molecule has 2 rings (SSSR count). The Hall–Kier alpha value is -2.14. The Morgan fingerprint density at radius 1 is 1.24 bits per heavy atom. The first-order valence-corrected chi connectivity index (χ1v) is 6.84. The number of benzene rings is 1. The molecule has 1 aromatic carbocycles. The zero-order valence-electron chi connectivity index (χ0n) is 12.2. The number of nitrogens with zero attached hydrogens (tertiary/aromatic N) is 2. The largest absolute Gasteiger partial charge is 0.508 e. The van der Waals surface area contributed by atoms with E-state index in [2.05, 4.69) is 9.88 Å². The van der Waals surface area contributed by atoms with Gasteiger partial charge < -0.3 is 15.7 Å². The number of phenols is 1. The van der Waals surface area contributed by atoms with E-state index >= 15 is 0 Å². The van der Waals surface area contributed by atoms with Crippen molar-refractivity contribution in [1.29, 1.82) is 0 Å². The lowest BCUT2D eigenvalue weighted by Crippen LogP contribution is -2.31. The molecule has 0 radical (unpaired) electrons. The number of phenolic OH excluding ortho intramolecular Hbond substituents is 1. The van der Waals surface area contributed by atoms with Crippen LogP contribution in [0.15, 0.2) is 42.6 Å². The first kappa shape index (κ1) is 15.3. The van der Waals surface area contributed by atoms with Gasteiger partial charge in [-0.25, -0.2) is 4.39 Å². The van der Waals surface area contributed by atoms with E-state index in [4.69, 9.17) is 5.73 Å². The Morgan fingerprint density at radius 2 is 1.90 bits per heavy atom. The van der Waals surface area contributed by atoms with Gasteiger partial charge in [-0.2, -0.15) is 0 Å². The van der Waals surface area contributed by atoms with Gasteiger partial charge in [0.05, 0.1) is 17.9 Å². The Kier molecular flexibility index (Phi) is 4.75. The van der Waals surface area contributed by atoms with E-state index in [0.717, 1.165) is 12.2 Å². The Labute approximate surface area is 124 Å². The molecule has 3 N–H and O–H groups in total. The lowest BCUT2D eigenvalue weighted by Gasteiger charge is -2.27. The van der Waals surface area contributed by atoms with Crippen molar-refractivity contribution >= 4 is 5.69 Å². The topological polar surface area (TPSA) is 62.4 Å². The van der Waals surface area contributed by atoms with Crippen LogP contribution in [0.3, 0.4) is 0 Å². The maximum absolute atomic E-state index is 12.9. The molecule has 0 aliphatic carbocycles. The average molecular weight is 289 g/mol. The first-order chi connectivity index (χ1) is 9.97. The van der Waals surface area contributed by atoms with Gasteiger partial charge >= 0.3 is 0 Å². The van der Waals surface area contributed by atoms with Gasteiger partial charge in [0.2, 0.25) is 0 Å². The zero-order chi connectivity index (χ0) is 15.4. The van der Waals surface area contributed by atoms with E-state index in [0.29, 0.717) is 5.69 Å². The summed E-state index contributed by atoms with van der Waals surface area (Å²) < 4.78 is 12.9. The fourth-order valence-corrected chi connectivity index (χ4v) is 2.23. The molecule has 0 fully saturated rings. The molecular formula is C16H20FN3O. The van der Waals surface area contributed by atoms with E-state index in [1.165, 1.54) is 12.3 Å². The second-order valence-corrected chi connectivity index (χ2v) is 5.30. The molecule has 0 amide bonds. The molecular weight excluding hydrogens is 269 g/mol. The van der Waals surface area contributed by atoms with Crippen LogP contribution in [-0.2, 0) is 0 Å². The van der Waals surface area contributed by atoms with Crippen molar-refractivity contribution in [2.75, 3.05) is 18.5 Å². The number of anilines is 1. The summed E-state index contributed by atoms with van der Waals surface area (Å²) in [6, 6.07) is 9.74. The predicted molar refractivity (Wildman–Crippen MR) is 81.7 cm³/mol. The van der Waals surface area contributed by atoms with Gasteiger partial charge in [-0.3, -0.25) is 4.98 Å². The number of aromatic nitrogens is 1. The standard InChI is InChI=1S/C16H20FN3O/c1-11(16(18)15-8-3-12(17)9-19-15)10-20(2)13-4-6-14(21)7-5-13/h3-9,11,16,21H,10,18H2,1-2H3. The van der Waals surface area contributed by atoms with Crippen LogP contribution in [0, 0.1) is 11.7 Å². The highest BCUT2D eigenvalue weighted by Crippen LogP contribution is 2.22. The summed E-state index contributed by atoms with van der Waals surface area (Å²) in [4.78, 5) is 6.10. The fourth-order valence-electron chi connectivity index (χ4n) is 2.23. The third kappa shape index (κ3) is 3.92. The Bertz CT molecular complexity index is 571. The lowest BCUT2D eigenvalue weighted by molar-refractivity contribution is 0.461. The summed E-state index contributed by atoms with van der Waals surface area (Å²) in [6.07, 6.45) is 1.19. The quantitative estimate of drug-likeness (QED) is 0.888. The smallest absolute Gasteiger partial charge is 0.141 e. The highest BCUT2D eigenvalue weighted by molar-refractivity contribution is 5.48. The molecule has 0 aliphatic heterocycles. The number of aromatic hydroxyl groups is 1. The van der Waals surface area contributed by atoms with Gasteiger partial charge in [0.15, 0.2) is 0 Å². The molecule has 1 aromatic heterocycles. The fraction of sp³-hybridized carbons (Fsp3) is 0.312. The lowest BCUT2D eigenvalue weighted by atomic mass is 9.98. The van der Waals surface area contributed by atoms with Crippen molar-refractivity contribution in [1.82, 2.24) is 4.98 Å². The molecule has 1 heterocycles. The van der Waals surface area contributed by atoms with Crippen molar-refractivity contribution in [2.24, 2.45) is 11.7 Å². The number of pyridine rings is 1. The highest BCUT2D eigenvalue weighted by Gasteiger charge is 2.18. The van der Waals surface area contributed by atoms with Crippen LogP contribution in [0.2, 0.25) is 0 Å². The van der Waals surface area contributed by atoms with Gasteiger partial charge in [-0.15, -0.1) is 0 Å². The van der Waals surface area contributed by atoms with Gasteiger partial charge in [-0.05, 0) is 42.3 Å². The number of rotatable bonds is 5. The van der Waals surface area contributed by atoms with Crippen LogP contribution in [0.25, 0.3) is 0 Å². The molecule has 112 valence electrons. The van der Waals surface area contributed by atoms with Gasteiger partial charge in [-0.1, -0.05) is 6.92 Å². The van der Waals surface area contributed by atoms with Crippen molar-refractivity contribution in [3.05, 3.63) is 54.1 Å². The summed E-state index contributed by atoms with van der Waals surface area (Å²) in [5.41, 5.74) is 7.87. The van der Waals surface area contributed by atoms with Gasteiger partial charge in [0, 0.05) is 19.3 Å². The molecule has 2 atom stereocenters. The van der Waals surface area contributed by atoms with Crippen molar-refractivity contribution < 1.29 is 9.50 Å². The summed E-state index contributed by atoms with van der Waals surface area (Å²) in [7, 11) is 1.97. The predicted octanol–water partition coefficient (Wildman–Crippen LogP) is 2.70. The van der Waals surface area contributed by atoms with E-state index < -0.39 is 0 Å². The molecule has 0 aliphatic rings. The molecule has 0 saturated heterocycles. The van der Waals surface area contributed by atoms with Crippen LogP contribution >= 0.6 is 0 Å². The average Bonchev–Trinajstić information content (AvgIpc) is 2.47. The minimum absolute atomic E-state index is 0.141. The SMILES string of the molecule is CC(CN(C)c1ccc(O)cc1)C(N)c1ccc(F)cn1. The van der Waals surface area contributed by atoms with Gasteiger partial charge in [0.25, 0.3) is 0 Å². The second-order valence-electron chi connectivity index (χ2n) is 5.30. The monoisotopic (exact) mass is 289 g/mol. The number of hydrogen-bond acceptors (Lipinski definition) is 4. The molecule has 0 spiro atoms. The molecule has 2 aromatic rings. The highest BCUT2D eigenvalue weighted by atomic mass is 19.1. The van der Waals surface area contributed by atoms with Crippen molar-refractivity contribution in [3.8, 4) is 5.75 Å². The summed E-state index contributed by atoms with van der Waals surface area (Å²) in [5.74, 6) is 0.0222. The Morgan fingerprint density at radius 3 is 2.48 bits per heavy atom. The number of hydrogen-bond donors (Lipinski definition) is 2. The second kappa shape index (κ2) is 6.54. The molecule has 2 unspecified atom stereocenters. The van der Waals surface area contributed by atoms with Gasteiger partial charge in [0.1, 0.15) is 11.6 Å². The minimum Gasteiger partial charge on any atom is -0.508 e. The summed E-state index contributed by atoms with van der Waals surface area (Å²) in [6.45, 7) is 2.76. The molecule has 5 heteroatoms. The molecule has 4 nitrogen and oxygen atoms in total. The van der Waals surface area contributed by atoms with Crippen LogP contribution in [0.4, 0.5) is 10.1 Å². The van der Waals surface area contributed by atoms with Crippen molar-refractivity contribution in [2.45, 2.75) is 13.0 Å². The number of halogens is 1. The maximum Gasteiger partial charge on any atom is 0.141 e. The Balaban J connectivity index is 2.01. The van der Waals surface area contributed by atoms with Crippen LogP contribution in [0.1, 0.15) is 18.7 Å². The van der Waals surface area contributed by atoms with Crippen LogP contribution in [-0.4, -0.2) is 23.7 Å². The van der Waals surface area contributed by atoms with E-state index in [1.54, 1.807) is 18.2 Å². The van der Waals surface area contributed by atoms with E-state index in [9.17, 15) is 9.50 Å². The minimum atomic E-state index is -0.361. The third-order valence-electron chi connectivity index (χ3n) is 3.56. The summed E-state index contributed by atoms with van der Waals surface area (Å²) >= 11 is 0.